The lowest BCUT2D eigenvalue weighted by molar-refractivity contribution is -0.384. The van der Waals surface area contributed by atoms with Crippen LogP contribution in [0.25, 0.3) is 0 Å². The van der Waals surface area contributed by atoms with E-state index in [1.54, 1.807) is 12.1 Å². The van der Waals surface area contributed by atoms with E-state index in [0.717, 1.165) is 22.4 Å². The van der Waals surface area contributed by atoms with Crippen LogP contribution < -0.4 is 5.32 Å². The van der Waals surface area contributed by atoms with Crippen molar-refractivity contribution >= 4 is 17.3 Å². The third-order valence-electron chi connectivity index (χ3n) is 4.93. The van der Waals surface area contributed by atoms with Gasteiger partial charge in [0, 0.05) is 35.7 Å². The molecule has 6 heteroatoms. The van der Waals surface area contributed by atoms with Crippen LogP contribution in [0.1, 0.15) is 49.6 Å². The number of esters is 1. The number of hydrogen-bond donors (Lipinski definition) is 1. The van der Waals surface area contributed by atoms with E-state index in [2.05, 4.69) is 5.32 Å². The van der Waals surface area contributed by atoms with E-state index in [4.69, 9.17) is 4.74 Å². The average molecular weight is 354 g/mol. The summed E-state index contributed by atoms with van der Waals surface area (Å²) < 4.78 is 5.71. The van der Waals surface area contributed by atoms with E-state index in [-0.39, 0.29) is 17.7 Å². The fourth-order valence-corrected chi connectivity index (χ4v) is 3.61. The number of carbonyl (C=O) groups excluding carboxylic acids is 1. The highest BCUT2D eigenvalue weighted by Crippen LogP contribution is 2.53. The van der Waals surface area contributed by atoms with E-state index in [1.807, 2.05) is 39.0 Å². The Bertz CT molecular complexity index is 859. The number of carbonyl (C=O) groups is 1. The molecule has 6 nitrogen and oxygen atoms in total. The second-order valence-corrected chi connectivity index (χ2v) is 7.33. The number of nitrogens with zero attached hydrogens (tertiary/aromatic N) is 1. The predicted molar refractivity (Wildman–Crippen MR) is 98.9 cm³/mol. The zero-order valence-corrected chi connectivity index (χ0v) is 15.3. The molecule has 2 atom stereocenters. The monoisotopic (exact) mass is 354 g/mol. The number of fused-ring (bicyclic) bond motifs is 1. The molecule has 136 valence electrons. The first-order chi connectivity index (χ1) is 12.2. The predicted octanol–water partition coefficient (Wildman–Crippen LogP) is 4.70. The molecule has 2 aromatic rings. The summed E-state index contributed by atoms with van der Waals surface area (Å²) in [6, 6.07) is 12.4. The highest BCUT2D eigenvalue weighted by molar-refractivity contribution is 5.68. The zero-order chi connectivity index (χ0) is 19.1. The number of hydrogen-bond acceptors (Lipinski definition) is 5. The van der Waals surface area contributed by atoms with E-state index in [1.165, 1.54) is 19.1 Å². The minimum atomic E-state index is -0.456. The molecule has 1 heterocycles. The molecular formula is C20H22N2O4. The van der Waals surface area contributed by atoms with Crippen molar-refractivity contribution in [3.05, 3.63) is 69.3 Å². The summed E-state index contributed by atoms with van der Waals surface area (Å²) >= 11 is 0. The Labute approximate surface area is 152 Å². The first-order valence-corrected chi connectivity index (χ1v) is 8.49. The molecule has 0 fully saturated rings. The second-order valence-electron chi connectivity index (χ2n) is 7.33. The number of anilines is 1. The maximum Gasteiger partial charge on any atom is 0.303 e. The molecule has 0 aliphatic carbocycles. The number of ether oxygens (including phenoxy) is 1. The van der Waals surface area contributed by atoms with Gasteiger partial charge in [0.2, 0.25) is 0 Å². The van der Waals surface area contributed by atoms with E-state index < -0.39 is 16.4 Å². The molecule has 0 amide bonds. The number of benzene rings is 2. The molecule has 0 saturated carbocycles. The lowest BCUT2D eigenvalue weighted by Crippen LogP contribution is -2.40. The Morgan fingerprint density at radius 3 is 2.42 bits per heavy atom. The topological polar surface area (TPSA) is 81.5 Å². The summed E-state index contributed by atoms with van der Waals surface area (Å²) in [6.07, 6.45) is -0.420. The van der Waals surface area contributed by atoms with Gasteiger partial charge in [-0.2, -0.15) is 0 Å². The summed E-state index contributed by atoms with van der Waals surface area (Å²) in [6.45, 7) is 7.48. The second kappa shape index (κ2) is 6.44. The van der Waals surface area contributed by atoms with Gasteiger partial charge >= 0.3 is 5.97 Å². The van der Waals surface area contributed by atoms with Crippen LogP contribution in [0.3, 0.4) is 0 Å². The van der Waals surface area contributed by atoms with Crippen LogP contribution in [0.2, 0.25) is 0 Å². The SMILES string of the molecule is CC(=O)OC1c2cc(C)ccc2NC(c2ccc([N+](=O)[O-])cc2)C1(C)C. The van der Waals surface area contributed by atoms with Crippen molar-refractivity contribution in [3.63, 3.8) is 0 Å². The molecule has 1 aliphatic rings. The Kier molecular flexibility index (Phi) is 4.44. The summed E-state index contributed by atoms with van der Waals surface area (Å²) in [5, 5.41) is 14.4. The van der Waals surface area contributed by atoms with Crippen LogP contribution in [-0.4, -0.2) is 10.9 Å². The number of nitro groups is 1. The van der Waals surface area contributed by atoms with Crippen LogP contribution in [0.5, 0.6) is 0 Å². The normalized spacial score (nSPS) is 20.6. The molecule has 2 unspecified atom stereocenters. The third kappa shape index (κ3) is 3.14. The highest BCUT2D eigenvalue weighted by Gasteiger charge is 2.46. The number of aryl methyl sites for hydroxylation is 1. The molecule has 0 bridgehead atoms. The Hall–Kier alpha value is -2.89. The number of nitrogens with one attached hydrogen (secondary N) is 1. The molecular weight excluding hydrogens is 332 g/mol. The Morgan fingerprint density at radius 2 is 1.85 bits per heavy atom. The molecule has 0 spiro atoms. The standard InChI is InChI=1S/C20H22N2O4/c1-12-5-10-17-16(11-12)19(26-13(2)23)20(3,4)18(21-17)14-6-8-15(9-7-14)22(24)25/h5-11,18-19,21H,1-4H3. The smallest absolute Gasteiger partial charge is 0.303 e. The van der Waals surface area contributed by atoms with Gasteiger partial charge in [0.15, 0.2) is 0 Å². The van der Waals surface area contributed by atoms with Gasteiger partial charge in [-0.05, 0) is 18.6 Å². The van der Waals surface area contributed by atoms with E-state index in [9.17, 15) is 14.9 Å². The van der Waals surface area contributed by atoms with Crippen molar-refractivity contribution < 1.29 is 14.5 Å². The lowest BCUT2D eigenvalue weighted by atomic mass is 9.70. The number of nitro benzene ring substituents is 1. The van der Waals surface area contributed by atoms with Gasteiger partial charge in [0.1, 0.15) is 6.10 Å². The zero-order valence-electron chi connectivity index (χ0n) is 15.3. The van der Waals surface area contributed by atoms with Crippen LogP contribution in [0.4, 0.5) is 11.4 Å². The van der Waals surface area contributed by atoms with Gasteiger partial charge < -0.3 is 10.1 Å². The van der Waals surface area contributed by atoms with Gasteiger partial charge in [-0.1, -0.05) is 43.7 Å². The molecule has 2 aromatic carbocycles. The summed E-state index contributed by atoms with van der Waals surface area (Å²) in [4.78, 5) is 22.2. The average Bonchev–Trinajstić information content (AvgIpc) is 2.57. The minimum Gasteiger partial charge on any atom is -0.457 e. The maximum atomic E-state index is 11.7. The Morgan fingerprint density at radius 1 is 1.19 bits per heavy atom. The van der Waals surface area contributed by atoms with Crippen molar-refractivity contribution in [1.82, 2.24) is 0 Å². The van der Waals surface area contributed by atoms with E-state index >= 15 is 0 Å². The van der Waals surface area contributed by atoms with Crippen molar-refractivity contribution in [3.8, 4) is 0 Å². The number of non-ortho nitro benzene ring substituents is 1. The van der Waals surface area contributed by atoms with Crippen LogP contribution >= 0.6 is 0 Å². The van der Waals surface area contributed by atoms with E-state index in [0.29, 0.717) is 0 Å². The molecule has 0 saturated heterocycles. The molecule has 0 aromatic heterocycles. The quantitative estimate of drug-likeness (QED) is 0.491. The van der Waals surface area contributed by atoms with Gasteiger partial charge in [-0.25, -0.2) is 0 Å². The first kappa shape index (κ1) is 17.9. The van der Waals surface area contributed by atoms with Crippen molar-refractivity contribution in [2.75, 3.05) is 5.32 Å². The molecule has 1 aliphatic heterocycles. The van der Waals surface area contributed by atoms with Crippen LogP contribution in [0.15, 0.2) is 42.5 Å². The highest BCUT2D eigenvalue weighted by atomic mass is 16.6. The largest absolute Gasteiger partial charge is 0.457 e. The summed E-state index contributed by atoms with van der Waals surface area (Å²) in [5.41, 5.74) is 3.45. The summed E-state index contributed by atoms with van der Waals surface area (Å²) in [5.74, 6) is -0.333. The van der Waals surface area contributed by atoms with Crippen molar-refractivity contribution in [2.45, 2.75) is 39.8 Å². The van der Waals surface area contributed by atoms with Gasteiger partial charge in [-0.3, -0.25) is 14.9 Å². The van der Waals surface area contributed by atoms with Gasteiger partial charge in [-0.15, -0.1) is 0 Å². The fraction of sp³-hybridized carbons (Fsp3) is 0.350. The van der Waals surface area contributed by atoms with Crippen molar-refractivity contribution in [2.24, 2.45) is 5.41 Å². The summed E-state index contributed by atoms with van der Waals surface area (Å²) in [7, 11) is 0. The molecule has 26 heavy (non-hydrogen) atoms. The fourth-order valence-electron chi connectivity index (χ4n) is 3.61. The number of rotatable bonds is 3. The van der Waals surface area contributed by atoms with Gasteiger partial charge in [0.05, 0.1) is 11.0 Å². The Balaban J connectivity index is 2.08. The minimum absolute atomic E-state index is 0.0509. The molecule has 0 radical (unpaired) electrons. The van der Waals surface area contributed by atoms with Crippen LogP contribution in [-0.2, 0) is 9.53 Å². The third-order valence-corrected chi connectivity index (χ3v) is 4.93. The van der Waals surface area contributed by atoms with Crippen LogP contribution in [0, 0.1) is 22.5 Å². The lowest BCUT2D eigenvalue weighted by Gasteiger charge is -2.46. The molecule has 1 N–H and O–H groups in total. The van der Waals surface area contributed by atoms with Gasteiger partial charge in [0.25, 0.3) is 5.69 Å². The van der Waals surface area contributed by atoms with Crippen molar-refractivity contribution in [1.29, 1.82) is 0 Å². The molecule has 3 rings (SSSR count). The first-order valence-electron chi connectivity index (χ1n) is 8.49. The maximum absolute atomic E-state index is 11.7.